The summed E-state index contributed by atoms with van der Waals surface area (Å²) in [5.74, 6) is -1.14. The number of carbonyl (C=O) groups is 2. The number of unbranched alkanes of at least 4 members (excludes halogenated alkanes) is 12. The average Bonchev–Trinajstić information content (AvgIpc) is 3.16. The minimum Gasteiger partial charge on any atom is -0.462 e. The molecule has 0 bridgehead atoms. The zero-order chi connectivity index (χ0) is 40.7. The Balaban J connectivity index is 2.54. The molecule has 6 atom stereocenters. The molecule has 0 aromatic heterocycles. The highest BCUT2D eigenvalue weighted by molar-refractivity contribution is 7.47. The lowest BCUT2D eigenvalue weighted by Crippen LogP contribution is -2.64. The van der Waals surface area contributed by atoms with Crippen LogP contribution in [0.4, 0.5) is 0 Å². The Hall–Kier alpha value is -2.19. The van der Waals surface area contributed by atoms with Crippen molar-refractivity contribution in [3.63, 3.8) is 0 Å². The van der Waals surface area contributed by atoms with E-state index < -0.39 is 75.7 Å². The summed E-state index contributed by atoms with van der Waals surface area (Å²) in [4.78, 5) is 35.5. The molecular formula is C41H71O13P. The van der Waals surface area contributed by atoms with Gasteiger partial charge in [-0.1, -0.05) is 114 Å². The predicted molar refractivity (Wildman–Crippen MR) is 212 cm³/mol. The Morgan fingerprint density at radius 2 is 0.982 bits per heavy atom. The third kappa shape index (κ3) is 24.9. The molecule has 6 N–H and O–H groups in total. The van der Waals surface area contributed by atoms with Crippen molar-refractivity contribution in [2.24, 2.45) is 0 Å². The van der Waals surface area contributed by atoms with Crippen molar-refractivity contribution in [1.29, 1.82) is 0 Å². The van der Waals surface area contributed by atoms with Gasteiger partial charge in [-0.25, -0.2) is 4.57 Å². The van der Waals surface area contributed by atoms with Crippen LogP contribution in [0, 0.1) is 0 Å². The molecule has 1 saturated carbocycles. The van der Waals surface area contributed by atoms with Gasteiger partial charge in [0.05, 0.1) is 6.61 Å². The Labute approximate surface area is 329 Å². The molecule has 318 valence electrons. The summed E-state index contributed by atoms with van der Waals surface area (Å²) in [5.41, 5.74) is 0. The topological polar surface area (TPSA) is 210 Å². The number of hydrogen-bond donors (Lipinski definition) is 6. The first kappa shape index (κ1) is 50.8. The normalized spacial score (nSPS) is 23.6. The maximum Gasteiger partial charge on any atom is 0.472 e. The first-order valence-electron chi connectivity index (χ1n) is 20.4. The monoisotopic (exact) mass is 802 g/mol. The van der Waals surface area contributed by atoms with Crippen molar-refractivity contribution in [2.45, 2.75) is 185 Å². The van der Waals surface area contributed by atoms with Crippen molar-refractivity contribution in [3.8, 4) is 0 Å². The number of allylic oxidation sites excluding steroid dienone is 8. The van der Waals surface area contributed by atoms with Gasteiger partial charge in [0, 0.05) is 12.8 Å². The molecule has 13 nitrogen and oxygen atoms in total. The first-order chi connectivity index (χ1) is 26.4. The summed E-state index contributed by atoms with van der Waals surface area (Å²) >= 11 is 0. The van der Waals surface area contributed by atoms with Crippen molar-refractivity contribution in [3.05, 3.63) is 48.6 Å². The van der Waals surface area contributed by atoms with Gasteiger partial charge in [-0.3, -0.25) is 18.6 Å². The van der Waals surface area contributed by atoms with Gasteiger partial charge in [0.1, 0.15) is 43.2 Å². The first-order valence-corrected chi connectivity index (χ1v) is 21.9. The smallest absolute Gasteiger partial charge is 0.462 e. The van der Waals surface area contributed by atoms with E-state index in [0.717, 1.165) is 103 Å². The van der Waals surface area contributed by atoms with Gasteiger partial charge in [0.15, 0.2) is 6.10 Å². The van der Waals surface area contributed by atoms with Gasteiger partial charge in [-0.15, -0.1) is 0 Å². The summed E-state index contributed by atoms with van der Waals surface area (Å²) in [5, 5.41) is 50.0. The molecule has 6 unspecified atom stereocenters. The van der Waals surface area contributed by atoms with E-state index >= 15 is 0 Å². The van der Waals surface area contributed by atoms with Crippen LogP contribution >= 0.6 is 7.82 Å². The lowest BCUT2D eigenvalue weighted by Gasteiger charge is -2.41. The lowest BCUT2D eigenvalue weighted by atomic mass is 9.85. The standard InChI is InChI=1S/C41H71O13P/c1-3-5-7-9-11-13-15-17-19-21-23-25-27-29-34(42)51-31-33(32-52-55(49,50)54-41-39(47)37(45)36(44)38(46)40(41)48)53-35(43)30-28-26-24-22-20-18-16-14-12-10-8-6-4-2/h7-10,13-16,33,36-41,44-48H,3-6,11-12,17-32H2,1-2H3,(H,49,50)/b9-7-,10-8-,15-13-,16-14-. The molecule has 1 aliphatic carbocycles. The largest absolute Gasteiger partial charge is 0.472 e. The van der Waals surface area contributed by atoms with E-state index in [-0.39, 0.29) is 12.8 Å². The second-order valence-electron chi connectivity index (χ2n) is 14.1. The fourth-order valence-corrected chi connectivity index (χ4v) is 6.75. The van der Waals surface area contributed by atoms with Gasteiger partial charge in [-0.2, -0.15) is 0 Å². The molecule has 0 aromatic carbocycles. The highest BCUT2D eigenvalue weighted by atomic mass is 31.2. The SMILES string of the molecule is CCC/C=C\C/C=C\CCCCCCCC(=O)OCC(COP(=O)(O)OC1C(O)C(O)C(O)C(O)C1O)OC(=O)CCCCCCC/C=C\C/C=C\CCC. The van der Waals surface area contributed by atoms with E-state index in [1.807, 2.05) is 0 Å². The van der Waals surface area contributed by atoms with E-state index in [1.54, 1.807) is 0 Å². The van der Waals surface area contributed by atoms with Crippen molar-refractivity contribution < 1.29 is 63.1 Å². The molecule has 0 aromatic rings. The van der Waals surface area contributed by atoms with Crippen LogP contribution in [0.25, 0.3) is 0 Å². The van der Waals surface area contributed by atoms with Gasteiger partial charge in [0.25, 0.3) is 0 Å². The Kier molecular flexibility index (Phi) is 29.4. The average molecular weight is 803 g/mol. The third-order valence-electron chi connectivity index (χ3n) is 9.10. The number of carbonyl (C=O) groups excluding carboxylic acids is 2. The number of aliphatic hydroxyl groups is 5. The highest BCUT2D eigenvalue weighted by Crippen LogP contribution is 2.47. The van der Waals surface area contributed by atoms with E-state index in [1.165, 1.54) is 0 Å². The summed E-state index contributed by atoms with van der Waals surface area (Å²) in [6.45, 7) is 3.11. The van der Waals surface area contributed by atoms with Gasteiger partial charge < -0.3 is 39.9 Å². The summed E-state index contributed by atoms with van der Waals surface area (Å²) in [6, 6.07) is 0. The maximum absolute atomic E-state index is 12.8. The zero-order valence-corrected chi connectivity index (χ0v) is 34.1. The van der Waals surface area contributed by atoms with E-state index in [9.17, 15) is 44.6 Å². The lowest BCUT2D eigenvalue weighted by molar-refractivity contribution is -0.220. The van der Waals surface area contributed by atoms with Crippen molar-refractivity contribution in [2.75, 3.05) is 13.2 Å². The second kappa shape index (κ2) is 31.8. The van der Waals surface area contributed by atoms with E-state index in [2.05, 4.69) is 62.5 Å². The fourth-order valence-electron chi connectivity index (χ4n) is 5.77. The Morgan fingerprint density at radius 1 is 0.564 bits per heavy atom. The number of esters is 2. The molecule has 0 aliphatic heterocycles. The quantitative estimate of drug-likeness (QED) is 0.0179. The van der Waals surface area contributed by atoms with E-state index in [4.69, 9.17) is 18.5 Å². The van der Waals surface area contributed by atoms with Crippen LogP contribution in [0.5, 0.6) is 0 Å². The number of hydrogen-bond acceptors (Lipinski definition) is 12. The second-order valence-corrected chi connectivity index (χ2v) is 15.5. The highest BCUT2D eigenvalue weighted by Gasteiger charge is 2.51. The van der Waals surface area contributed by atoms with Gasteiger partial charge >= 0.3 is 19.8 Å². The molecule has 0 saturated heterocycles. The molecule has 0 radical (unpaired) electrons. The summed E-state index contributed by atoms with van der Waals surface area (Å²) in [6.07, 6.45) is 21.8. The number of ether oxygens (including phenoxy) is 2. The van der Waals surface area contributed by atoms with Gasteiger partial charge in [-0.05, 0) is 64.2 Å². The van der Waals surface area contributed by atoms with Crippen LogP contribution in [0.2, 0.25) is 0 Å². The Bertz CT molecular complexity index is 1160. The molecule has 0 spiro atoms. The number of phosphoric ester groups is 1. The van der Waals surface area contributed by atoms with Crippen molar-refractivity contribution >= 4 is 19.8 Å². The van der Waals surface area contributed by atoms with E-state index in [0.29, 0.717) is 12.8 Å². The van der Waals surface area contributed by atoms with Crippen LogP contribution in [-0.4, -0.2) is 98.3 Å². The molecule has 1 fully saturated rings. The summed E-state index contributed by atoms with van der Waals surface area (Å²) in [7, 11) is -5.12. The minimum absolute atomic E-state index is 0.0755. The summed E-state index contributed by atoms with van der Waals surface area (Å²) < 4.78 is 33.3. The molecule has 1 aliphatic rings. The van der Waals surface area contributed by atoms with Crippen molar-refractivity contribution in [1.82, 2.24) is 0 Å². The van der Waals surface area contributed by atoms with Gasteiger partial charge in [0.2, 0.25) is 0 Å². The van der Waals surface area contributed by atoms with Crippen LogP contribution in [-0.2, 0) is 32.7 Å². The van der Waals surface area contributed by atoms with Crippen LogP contribution in [0.1, 0.15) is 142 Å². The van der Waals surface area contributed by atoms with Crippen LogP contribution in [0.15, 0.2) is 48.6 Å². The molecular weight excluding hydrogens is 731 g/mol. The molecule has 55 heavy (non-hydrogen) atoms. The maximum atomic E-state index is 12.8. The third-order valence-corrected chi connectivity index (χ3v) is 10.1. The Morgan fingerprint density at radius 3 is 1.47 bits per heavy atom. The molecule has 14 heteroatoms. The predicted octanol–water partition coefficient (Wildman–Crippen LogP) is 6.83. The molecule has 0 amide bonds. The van der Waals surface area contributed by atoms with Crippen LogP contribution < -0.4 is 0 Å². The number of aliphatic hydroxyl groups excluding tert-OH is 5. The zero-order valence-electron chi connectivity index (χ0n) is 33.2. The van der Waals surface area contributed by atoms with Crippen LogP contribution in [0.3, 0.4) is 0 Å². The minimum atomic E-state index is -5.12. The fraction of sp³-hybridized carbons (Fsp3) is 0.756. The molecule has 0 heterocycles. The molecule has 1 rings (SSSR count). The number of phosphoric acid groups is 1. The number of rotatable bonds is 32.